The van der Waals surface area contributed by atoms with Gasteiger partial charge < -0.3 is 19.9 Å². The Kier molecular flexibility index (Phi) is 10.7. The molecule has 0 radical (unpaired) electrons. The molecule has 4 N–H and O–H groups in total. The monoisotopic (exact) mass is 1080 g/mol. The number of aromatic nitrogens is 7. The fourth-order valence-electron chi connectivity index (χ4n) is 10.6. The zero-order chi connectivity index (χ0) is 49.3. The maximum Gasteiger partial charge on any atom is 0.0737 e. The van der Waals surface area contributed by atoms with Gasteiger partial charge in [0, 0.05) is 86.5 Å². The average molecular weight is 1080 g/mol. The smallest absolute Gasteiger partial charge is 0.0737 e. The van der Waals surface area contributed by atoms with Crippen LogP contribution in [0.4, 0.5) is 0 Å². The summed E-state index contributed by atoms with van der Waals surface area (Å²) in [5.41, 5.74) is 25.5. The van der Waals surface area contributed by atoms with Crippen LogP contribution in [0.3, 0.4) is 0 Å². The molecule has 14 bridgehead atoms. The van der Waals surface area contributed by atoms with E-state index in [4.69, 9.17) is 15.0 Å². The van der Waals surface area contributed by atoms with Crippen molar-refractivity contribution < 1.29 is 0 Å². The quantitative estimate of drug-likeness (QED) is 0.133. The van der Waals surface area contributed by atoms with E-state index in [0.717, 1.165) is 154 Å². The molecular weight excluding hydrogens is 1040 g/mol. The number of nitrogens with zero attached hydrogens (tertiary/aromatic N) is 3. The van der Waals surface area contributed by atoms with E-state index in [9.17, 15) is 0 Å². The van der Waals surface area contributed by atoms with Gasteiger partial charge in [-0.15, -0.1) is 0 Å². The van der Waals surface area contributed by atoms with Crippen LogP contribution in [0.5, 0.6) is 0 Å². The van der Waals surface area contributed by atoms with Crippen molar-refractivity contribution in [1.29, 1.82) is 0 Å². The molecule has 5 aromatic carbocycles. The van der Waals surface area contributed by atoms with E-state index >= 15 is 0 Å². The Morgan fingerprint density at radius 1 is 0.257 bits per heavy atom. The lowest BCUT2D eigenvalue weighted by atomic mass is 9.99. The van der Waals surface area contributed by atoms with E-state index in [1.165, 1.54) is 0 Å². The molecule has 11 aromatic rings. The number of hydrogen-bond donors (Lipinski definition) is 4. The first-order chi connectivity index (χ1) is 36.4. The second-order valence-corrected chi connectivity index (χ2v) is 20.4. The zero-order valence-corrected chi connectivity index (χ0v) is 42.6. The molecule has 3 aliphatic heterocycles. The van der Waals surface area contributed by atoms with Gasteiger partial charge in [0.15, 0.2) is 0 Å². The summed E-state index contributed by atoms with van der Waals surface area (Å²) in [6.07, 6.45) is 12.7. The first-order valence-corrected chi connectivity index (χ1v) is 26.0. The van der Waals surface area contributed by atoms with Gasteiger partial charge in [-0.3, -0.25) is 0 Å². The van der Waals surface area contributed by atoms with Crippen LogP contribution in [0.15, 0.2) is 197 Å². The molecular formula is C65H41Br2N7. The van der Waals surface area contributed by atoms with E-state index in [1.54, 1.807) is 0 Å². The third-order valence-corrected chi connectivity index (χ3v) is 15.1. The van der Waals surface area contributed by atoms with Crippen molar-refractivity contribution in [2.45, 2.75) is 0 Å². The van der Waals surface area contributed by atoms with Crippen molar-refractivity contribution in [2.75, 3.05) is 0 Å². The van der Waals surface area contributed by atoms with Gasteiger partial charge in [-0.1, -0.05) is 141 Å². The number of hydrogen-bond acceptors (Lipinski definition) is 3. The Morgan fingerprint density at radius 2 is 0.554 bits per heavy atom. The Morgan fingerprint density at radius 3 is 0.959 bits per heavy atom. The van der Waals surface area contributed by atoms with Crippen LogP contribution in [0, 0.1) is 0 Å². The second-order valence-electron chi connectivity index (χ2n) is 18.6. The highest BCUT2D eigenvalue weighted by Gasteiger charge is 2.20. The van der Waals surface area contributed by atoms with Crippen LogP contribution in [0.25, 0.3) is 147 Å². The third-order valence-electron chi connectivity index (χ3n) is 14.0. The van der Waals surface area contributed by atoms with Gasteiger partial charge >= 0.3 is 0 Å². The highest BCUT2D eigenvalue weighted by Crippen LogP contribution is 2.41. The van der Waals surface area contributed by atoms with Crippen LogP contribution in [0.2, 0.25) is 0 Å². The molecule has 0 amide bonds. The van der Waals surface area contributed by atoms with Gasteiger partial charge in [-0.25, -0.2) is 15.0 Å². The summed E-state index contributed by atoms with van der Waals surface area (Å²) in [6.45, 7) is 0. The molecule has 0 unspecified atom stereocenters. The number of halogens is 2. The lowest BCUT2D eigenvalue weighted by Gasteiger charge is -2.09. The van der Waals surface area contributed by atoms with Crippen molar-refractivity contribution in [2.24, 2.45) is 0 Å². The van der Waals surface area contributed by atoms with Crippen LogP contribution in [-0.2, 0) is 0 Å². The minimum atomic E-state index is 0.854. The van der Waals surface area contributed by atoms with Crippen molar-refractivity contribution in [3.63, 3.8) is 0 Å². The average Bonchev–Trinajstić information content (AvgIpc) is 4.31. The van der Waals surface area contributed by atoms with Gasteiger partial charge in [0.2, 0.25) is 0 Å². The number of fused-ring (bicyclic) bond motifs is 14. The summed E-state index contributed by atoms with van der Waals surface area (Å²) in [7, 11) is 0. The largest absolute Gasteiger partial charge is 0.355 e. The lowest BCUT2D eigenvalue weighted by Crippen LogP contribution is -1.89. The number of rotatable bonds is 6. The summed E-state index contributed by atoms with van der Waals surface area (Å²) < 4.78 is 2.04. The normalized spacial score (nSPS) is 12.3. The number of H-pyrrole nitrogens is 4. The lowest BCUT2D eigenvalue weighted by molar-refractivity contribution is 1.31. The molecule has 3 aliphatic rings. The summed E-state index contributed by atoms with van der Waals surface area (Å²) in [5, 5.41) is 0. The molecule has 0 saturated heterocycles. The molecule has 9 heterocycles. The zero-order valence-electron chi connectivity index (χ0n) is 39.5. The Bertz CT molecular complexity index is 4250. The maximum absolute atomic E-state index is 5.51. The maximum atomic E-state index is 5.51. The predicted octanol–water partition coefficient (Wildman–Crippen LogP) is 18.1. The van der Waals surface area contributed by atoms with Gasteiger partial charge in [0.05, 0.1) is 34.2 Å². The summed E-state index contributed by atoms with van der Waals surface area (Å²) in [5.74, 6) is 0. The SMILES string of the molecule is Brc1ccc(-c2c3nc(c(-c4ccc(Br)cc4)c4ccc([nH]4)c(-c4ccc(-c5c6nc(c(-c7ccccc7)c7ccc(cc8nc(c(-c9ccccc9)c9ccc5[nH]9)C=C8)[nH]7)C=C6)cc4)c4ccc2[nH]4)C=C3)cc1. The van der Waals surface area contributed by atoms with Crippen LogP contribution >= 0.6 is 31.9 Å². The van der Waals surface area contributed by atoms with E-state index in [0.29, 0.717) is 0 Å². The predicted molar refractivity (Wildman–Crippen MR) is 315 cm³/mol. The molecule has 0 spiro atoms. The van der Waals surface area contributed by atoms with E-state index in [1.807, 2.05) is 12.1 Å². The van der Waals surface area contributed by atoms with E-state index in [-0.39, 0.29) is 0 Å². The van der Waals surface area contributed by atoms with Crippen LogP contribution < -0.4 is 0 Å². The molecule has 350 valence electrons. The standard InChI is InChI=1S/C65H41Br2N7/c66-44-19-15-42(16-20-44)64-56-33-31-54(72-56)63(55-32-34-57(73-55)65(59-36-35-58(64)74-59)43-17-21-45(67)22-18-43)41-13-11-40(12-14-41)62-52-29-27-50(70-52)60(38-7-3-1-4-8-38)48-25-23-46(68-48)37-47-24-26-49(69-47)61(39-9-5-2-6-10-39)51-28-30-53(62)71-51/h1-37,68,71-73H. The fourth-order valence-corrected chi connectivity index (χ4v) is 11.2. The fraction of sp³-hybridized carbons (Fsp3) is 0. The number of benzene rings is 5. The highest BCUT2D eigenvalue weighted by molar-refractivity contribution is 9.10. The molecule has 6 aromatic heterocycles. The Hall–Kier alpha value is -8.89. The minimum Gasteiger partial charge on any atom is -0.355 e. The van der Waals surface area contributed by atoms with Crippen molar-refractivity contribution in [1.82, 2.24) is 34.9 Å². The molecule has 0 fully saturated rings. The topological polar surface area (TPSA) is 102 Å². The summed E-state index contributed by atoms with van der Waals surface area (Å²) in [6, 6.07) is 66.2. The van der Waals surface area contributed by atoms with Gasteiger partial charge in [0.25, 0.3) is 0 Å². The van der Waals surface area contributed by atoms with E-state index < -0.39 is 0 Å². The number of nitrogens with one attached hydrogen (secondary N) is 4. The number of aromatic amines is 4. The molecule has 14 rings (SSSR count). The molecule has 0 saturated carbocycles. The molecule has 74 heavy (non-hydrogen) atoms. The highest BCUT2D eigenvalue weighted by atomic mass is 79.9. The Labute approximate surface area is 442 Å². The molecule has 9 heteroatoms. The summed E-state index contributed by atoms with van der Waals surface area (Å²) in [4.78, 5) is 31.4. The van der Waals surface area contributed by atoms with Gasteiger partial charge in [-0.05, 0) is 149 Å². The molecule has 0 atom stereocenters. The van der Waals surface area contributed by atoms with Crippen molar-refractivity contribution in [3.05, 3.63) is 231 Å². The minimum absolute atomic E-state index is 0.854. The second kappa shape index (κ2) is 18.0. The van der Waals surface area contributed by atoms with Crippen LogP contribution in [-0.4, -0.2) is 34.9 Å². The summed E-state index contributed by atoms with van der Waals surface area (Å²) >= 11 is 7.32. The molecule has 7 nitrogen and oxygen atoms in total. The molecule has 0 aliphatic carbocycles. The van der Waals surface area contributed by atoms with Crippen molar-refractivity contribution >= 4 is 112 Å². The third kappa shape index (κ3) is 7.85. The first-order valence-electron chi connectivity index (χ1n) is 24.5. The Balaban J connectivity index is 1.02. The van der Waals surface area contributed by atoms with Crippen LogP contribution in [0.1, 0.15) is 34.2 Å². The van der Waals surface area contributed by atoms with E-state index in [2.05, 4.69) is 264 Å². The van der Waals surface area contributed by atoms with Crippen molar-refractivity contribution in [3.8, 4) is 66.8 Å². The van der Waals surface area contributed by atoms with Gasteiger partial charge in [-0.2, -0.15) is 0 Å². The van der Waals surface area contributed by atoms with Gasteiger partial charge in [0.1, 0.15) is 0 Å². The first kappa shape index (κ1) is 43.9.